The summed E-state index contributed by atoms with van der Waals surface area (Å²) < 4.78 is 0. The number of nitrogens with one attached hydrogen (secondary N) is 1. The second-order valence-corrected chi connectivity index (χ2v) is 5.26. The number of hydrogen-bond donors (Lipinski definition) is 3. The van der Waals surface area contributed by atoms with Gasteiger partial charge in [-0.05, 0) is 30.7 Å². The smallest absolute Gasteiger partial charge is 0.234 e. The van der Waals surface area contributed by atoms with Crippen molar-refractivity contribution in [1.82, 2.24) is 10.2 Å². The zero-order chi connectivity index (χ0) is 14.4. The first-order valence-electron chi connectivity index (χ1n) is 6.41. The van der Waals surface area contributed by atoms with Crippen molar-refractivity contribution in [3.63, 3.8) is 0 Å². The van der Waals surface area contributed by atoms with E-state index in [1.165, 1.54) is 0 Å². The van der Waals surface area contributed by atoms with Crippen molar-refractivity contribution >= 4 is 11.6 Å². The predicted molar refractivity (Wildman–Crippen MR) is 76.7 cm³/mol. The molecule has 5 nitrogen and oxygen atoms in total. The number of carbonyl (C=O) groups excluding carboxylic acids is 1. The zero-order valence-corrected chi connectivity index (χ0v) is 11.8. The van der Waals surface area contributed by atoms with Gasteiger partial charge in [-0.3, -0.25) is 9.69 Å². The maximum atomic E-state index is 11.7. The Morgan fingerprint density at radius 2 is 2.16 bits per heavy atom. The Balaban J connectivity index is 2.44. The van der Waals surface area contributed by atoms with Crippen molar-refractivity contribution in [2.45, 2.75) is 20.4 Å². The van der Waals surface area contributed by atoms with E-state index >= 15 is 0 Å². The number of rotatable bonds is 6. The molecule has 0 aliphatic heterocycles. The minimum absolute atomic E-state index is 0.0166. The van der Waals surface area contributed by atoms with Gasteiger partial charge in [0.1, 0.15) is 5.75 Å². The first-order chi connectivity index (χ1) is 8.88. The summed E-state index contributed by atoms with van der Waals surface area (Å²) in [5.74, 6) is 0.551. The van der Waals surface area contributed by atoms with E-state index in [4.69, 9.17) is 5.73 Å². The van der Waals surface area contributed by atoms with Crippen LogP contribution in [0, 0.1) is 5.92 Å². The Bertz CT molecular complexity index is 433. The Kier molecular flexibility index (Phi) is 5.63. The number of nitrogen functional groups attached to an aromatic ring is 1. The van der Waals surface area contributed by atoms with Crippen molar-refractivity contribution in [1.29, 1.82) is 0 Å². The fourth-order valence-corrected chi connectivity index (χ4v) is 1.69. The third-order valence-corrected chi connectivity index (χ3v) is 2.67. The van der Waals surface area contributed by atoms with E-state index in [2.05, 4.69) is 19.2 Å². The van der Waals surface area contributed by atoms with Gasteiger partial charge in [0.2, 0.25) is 5.91 Å². The molecule has 4 N–H and O–H groups in total. The van der Waals surface area contributed by atoms with Crippen LogP contribution >= 0.6 is 0 Å². The molecule has 0 aromatic heterocycles. The van der Waals surface area contributed by atoms with Gasteiger partial charge < -0.3 is 16.2 Å². The lowest BCUT2D eigenvalue weighted by Crippen LogP contribution is -2.36. The molecule has 0 fully saturated rings. The Morgan fingerprint density at radius 1 is 1.47 bits per heavy atom. The number of benzene rings is 1. The molecule has 0 bridgehead atoms. The number of phenols is 1. The average Bonchev–Trinajstić information content (AvgIpc) is 2.31. The van der Waals surface area contributed by atoms with Gasteiger partial charge in [-0.15, -0.1) is 0 Å². The molecule has 106 valence electrons. The van der Waals surface area contributed by atoms with Crippen molar-refractivity contribution in [2.75, 3.05) is 25.9 Å². The van der Waals surface area contributed by atoms with E-state index in [0.29, 0.717) is 31.2 Å². The molecule has 19 heavy (non-hydrogen) atoms. The number of hydrogen-bond acceptors (Lipinski definition) is 4. The van der Waals surface area contributed by atoms with E-state index in [-0.39, 0.29) is 11.7 Å². The first-order valence-corrected chi connectivity index (χ1v) is 6.41. The third-order valence-electron chi connectivity index (χ3n) is 2.67. The van der Waals surface area contributed by atoms with Gasteiger partial charge in [-0.1, -0.05) is 19.9 Å². The highest BCUT2D eigenvalue weighted by atomic mass is 16.3. The van der Waals surface area contributed by atoms with E-state index in [1.807, 2.05) is 11.9 Å². The molecule has 0 saturated carbocycles. The van der Waals surface area contributed by atoms with Crippen LogP contribution in [-0.2, 0) is 11.3 Å². The lowest BCUT2D eigenvalue weighted by molar-refractivity contribution is -0.122. The van der Waals surface area contributed by atoms with Crippen LogP contribution in [0.5, 0.6) is 5.75 Å². The first kappa shape index (κ1) is 15.3. The largest absolute Gasteiger partial charge is 0.506 e. The van der Waals surface area contributed by atoms with Crippen molar-refractivity contribution < 1.29 is 9.90 Å². The number of carbonyl (C=O) groups is 1. The van der Waals surface area contributed by atoms with Gasteiger partial charge in [-0.2, -0.15) is 0 Å². The number of aromatic hydroxyl groups is 1. The minimum atomic E-state index is 0.0166. The Hall–Kier alpha value is -1.75. The van der Waals surface area contributed by atoms with Gasteiger partial charge in [0.15, 0.2) is 0 Å². The van der Waals surface area contributed by atoms with Crippen molar-refractivity contribution in [2.24, 2.45) is 5.92 Å². The highest BCUT2D eigenvalue weighted by molar-refractivity contribution is 5.77. The van der Waals surface area contributed by atoms with Crippen LogP contribution in [0.1, 0.15) is 19.4 Å². The zero-order valence-electron chi connectivity index (χ0n) is 11.8. The van der Waals surface area contributed by atoms with E-state index < -0.39 is 0 Å². The van der Waals surface area contributed by atoms with Gasteiger partial charge in [0.05, 0.1) is 12.2 Å². The summed E-state index contributed by atoms with van der Waals surface area (Å²) in [6.45, 7) is 5.76. The minimum Gasteiger partial charge on any atom is -0.506 e. The van der Waals surface area contributed by atoms with Crippen LogP contribution in [0.25, 0.3) is 0 Å². The second kappa shape index (κ2) is 6.99. The maximum Gasteiger partial charge on any atom is 0.234 e. The number of phenolic OH excluding ortho intramolecular Hbond substituents is 1. The molecule has 1 rings (SSSR count). The van der Waals surface area contributed by atoms with Gasteiger partial charge in [0.25, 0.3) is 0 Å². The molecule has 0 aliphatic carbocycles. The predicted octanol–water partition coefficient (Wildman–Crippen LogP) is 1.18. The molecule has 1 aromatic rings. The van der Waals surface area contributed by atoms with E-state index in [9.17, 15) is 9.90 Å². The SMILES string of the molecule is CC(C)CNC(=O)CN(C)Cc1ccc(O)c(N)c1. The summed E-state index contributed by atoms with van der Waals surface area (Å²) in [5.41, 5.74) is 6.95. The number of likely N-dealkylation sites (N-methyl/N-ethyl adjacent to an activating group) is 1. The number of amides is 1. The monoisotopic (exact) mass is 265 g/mol. The molecular formula is C14H23N3O2. The van der Waals surface area contributed by atoms with Crippen LogP contribution in [0.15, 0.2) is 18.2 Å². The van der Waals surface area contributed by atoms with Crippen LogP contribution in [-0.4, -0.2) is 36.1 Å². The summed E-state index contributed by atoms with van der Waals surface area (Å²) >= 11 is 0. The molecule has 0 atom stereocenters. The fourth-order valence-electron chi connectivity index (χ4n) is 1.69. The fraction of sp³-hybridized carbons (Fsp3) is 0.500. The average molecular weight is 265 g/mol. The van der Waals surface area contributed by atoms with Gasteiger partial charge in [-0.25, -0.2) is 0 Å². The topological polar surface area (TPSA) is 78.6 Å². The molecule has 0 radical (unpaired) electrons. The highest BCUT2D eigenvalue weighted by Gasteiger charge is 2.08. The number of nitrogens with zero attached hydrogens (tertiary/aromatic N) is 1. The molecule has 1 amide bonds. The number of anilines is 1. The van der Waals surface area contributed by atoms with Gasteiger partial charge >= 0.3 is 0 Å². The van der Waals surface area contributed by atoms with Crippen LogP contribution < -0.4 is 11.1 Å². The van der Waals surface area contributed by atoms with Crippen LogP contribution in [0.3, 0.4) is 0 Å². The highest BCUT2D eigenvalue weighted by Crippen LogP contribution is 2.20. The molecule has 0 saturated heterocycles. The quantitative estimate of drug-likeness (QED) is 0.533. The Morgan fingerprint density at radius 3 is 2.74 bits per heavy atom. The van der Waals surface area contributed by atoms with E-state index in [0.717, 1.165) is 5.56 Å². The summed E-state index contributed by atoms with van der Waals surface area (Å²) in [6.07, 6.45) is 0. The second-order valence-electron chi connectivity index (χ2n) is 5.26. The standard InChI is InChI=1S/C14H23N3O2/c1-10(2)7-16-14(19)9-17(3)8-11-4-5-13(18)12(15)6-11/h4-6,10,18H,7-9,15H2,1-3H3,(H,16,19). The maximum absolute atomic E-state index is 11.7. The lowest BCUT2D eigenvalue weighted by atomic mass is 10.2. The molecule has 0 aliphatic rings. The molecule has 0 spiro atoms. The summed E-state index contributed by atoms with van der Waals surface area (Å²) in [5, 5.41) is 12.2. The summed E-state index contributed by atoms with van der Waals surface area (Å²) in [4.78, 5) is 13.6. The molecular weight excluding hydrogens is 242 g/mol. The molecule has 0 unspecified atom stereocenters. The van der Waals surface area contributed by atoms with E-state index in [1.54, 1.807) is 18.2 Å². The normalized spacial score (nSPS) is 11.0. The van der Waals surface area contributed by atoms with Crippen LogP contribution in [0.2, 0.25) is 0 Å². The molecule has 0 heterocycles. The lowest BCUT2D eigenvalue weighted by Gasteiger charge is -2.17. The summed E-state index contributed by atoms with van der Waals surface area (Å²) in [6, 6.07) is 5.09. The molecule has 1 aromatic carbocycles. The summed E-state index contributed by atoms with van der Waals surface area (Å²) in [7, 11) is 1.87. The Labute approximate surface area is 114 Å². The van der Waals surface area contributed by atoms with Gasteiger partial charge in [0, 0.05) is 13.1 Å². The van der Waals surface area contributed by atoms with Crippen molar-refractivity contribution in [3.8, 4) is 5.75 Å². The molecule has 5 heteroatoms. The number of nitrogens with two attached hydrogens (primary N) is 1. The third kappa shape index (κ3) is 5.61. The van der Waals surface area contributed by atoms with Crippen molar-refractivity contribution in [3.05, 3.63) is 23.8 Å². The van der Waals surface area contributed by atoms with Crippen LogP contribution in [0.4, 0.5) is 5.69 Å².